The van der Waals surface area contributed by atoms with Crippen molar-refractivity contribution >= 4 is 0 Å². The Labute approximate surface area is 67.7 Å². The summed E-state index contributed by atoms with van der Waals surface area (Å²) in [6, 6.07) is 8.48. The summed E-state index contributed by atoms with van der Waals surface area (Å²) >= 11 is 0. The van der Waals surface area contributed by atoms with Gasteiger partial charge in [0.05, 0.1) is 5.60 Å². The Morgan fingerprint density at radius 2 is 1.09 bits per heavy atom. The molecular weight excluding hydrogens is 136 g/mol. The maximum Gasteiger partial charge on any atom is 0.0563 e. The molecule has 11 heavy (non-hydrogen) atoms. The highest BCUT2D eigenvalue weighted by Crippen LogP contribution is 2.29. The van der Waals surface area contributed by atoms with E-state index in [1.807, 2.05) is 0 Å². The molecule has 0 saturated heterocycles. The molecule has 2 aliphatic rings. The van der Waals surface area contributed by atoms with E-state index < -0.39 is 5.60 Å². The van der Waals surface area contributed by atoms with Gasteiger partial charge in [0.1, 0.15) is 0 Å². The average Bonchev–Trinajstić information content (AvgIpc) is 1.74. The topological polar surface area (TPSA) is 20.2 Å². The highest BCUT2D eigenvalue weighted by Gasteiger charge is 2.03. The number of rotatable bonds is 0. The molecular formula is C10H14O. The van der Waals surface area contributed by atoms with Gasteiger partial charge in [0.2, 0.25) is 0 Å². The van der Waals surface area contributed by atoms with Gasteiger partial charge in [0.25, 0.3) is 0 Å². The molecule has 1 heteroatoms. The van der Waals surface area contributed by atoms with E-state index in [1.54, 1.807) is 20.8 Å². The second kappa shape index (κ2) is 2.67. The molecule has 1 N–H and O–H groups in total. The molecule has 0 atom stereocenters. The molecule has 0 radical (unpaired) electrons. The lowest BCUT2D eigenvalue weighted by molar-refractivity contribution is 0.102. The van der Waals surface area contributed by atoms with Gasteiger partial charge < -0.3 is 5.11 Å². The van der Waals surface area contributed by atoms with E-state index in [9.17, 15) is 0 Å². The molecule has 0 unspecified atom stereocenters. The SMILES string of the molecule is CC(C)(C)O.c1cc2ccc1-2. The molecule has 0 aromatic carbocycles. The largest absolute Gasteiger partial charge is 0.391 e. The molecule has 0 amide bonds. The summed E-state index contributed by atoms with van der Waals surface area (Å²) in [6.07, 6.45) is 0. The molecule has 2 aliphatic carbocycles. The molecule has 0 fully saturated rings. The summed E-state index contributed by atoms with van der Waals surface area (Å²) in [5.41, 5.74) is 2.35. The fraction of sp³-hybridized carbons (Fsp3) is 0.400. The number of fused-ring (bicyclic) bond motifs is 1. The Hall–Kier alpha value is -0.820. The van der Waals surface area contributed by atoms with Crippen LogP contribution in [0, 0.1) is 0 Å². The maximum atomic E-state index is 8.52. The first-order valence-corrected chi connectivity index (χ1v) is 3.79. The number of hydrogen-bond donors (Lipinski definition) is 1. The van der Waals surface area contributed by atoms with Crippen LogP contribution in [0.5, 0.6) is 0 Å². The van der Waals surface area contributed by atoms with Crippen molar-refractivity contribution in [2.24, 2.45) is 0 Å². The summed E-state index contributed by atoms with van der Waals surface area (Å²) in [4.78, 5) is 0. The van der Waals surface area contributed by atoms with Crippen molar-refractivity contribution in [2.75, 3.05) is 0 Å². The van der Waals surface area contributed by atoms with Gasteiger partial charge in [-0.15, -0.1) is 0 Å². The Morgan fingerprint density at radius 1 is 0.909 bits per heavy atom. The van der Waals surface area contributed by atoms with Crippen molar-refractivity contribution < 1.29 is 5.11 Å². The Morgan fingerprint density at radius 3 is 1.09 bits per heavy atom. The van der Waals surface area contributed by atoms with E-state index in [0.717, 1.165) is 0 Å². The van der Waals surface area contributed by atoms with Crippen LogP contribution in [0.3, 0.4) is 0 Å². The smallest absolute Gasteiger partial charge is 0.0563 e. The van der Waals surface area contributed by atoms with Crippen LogP contribution >= 0.6 is 0 Å². The van der Waals surface area contributed by atoms with Crippen LogP contribution in [0.4, 0.5) is 0 Å². The monoisotopic (exact) mass is 150 g/mol. The molecule has 0 aromatic rings. The number of benzene rings is 1. The van der Waals surface area contributed by atoms with Crippen LogP contribution in [-0.2, 0) is 0 Å². The second-order valence-corrected chi connectivity index (χ2v) is 3.75. The van der Waals surface area contributed by atoms with Gasteiger partial charge in [-0.05, 0) is 31.9 Å². The van der Waals surface area contributed by atoms with E-state index in [0.29, 0.717) is 0 Å². The molecule has 2 rings (SSSR count). The lowest BCUT2D eigenvalue weighted by Gasteiger charge is -2.10. The van der Waals surface area contributed by atoms with Gasteiger partial charge in [0.15, 0.2) is 0 Å². The van der Waals surface area contributed by atoms with Crippen molar-refractivity contribution in [1.82, 2.24) is 0 Å². The molecule has 0 spiro atoms. The van der Waals surface area contributed by atoms with Gasteiger partial charge in [-0.25, -0.2) is 0 Å². The van der Waals surface area contributed by atoms with Crippen molar-refractivity contribution in [3.63, 3.8) is 0 Å². The molecule has 0 aliphatic heterocycles. The van der Waals surface area contributed by atoms with E-state index >= 15 is 0 Å². The highest BCUT2D eigenvalue weighted by atomic mass is 16.3. The fourth-order valence-corrected chi connectivity index (χ4v) is 0.663. The molecule has 0 bridgehead atoms. The quantitative estimate of drug-likeness (QED) is 0.611. The molecule has 0 heterocycles. The predicted octanol–water partition coefficient (Wildman–Crippen LogP) is 2.44. The number of aliphatic hydroxyl groups is 1. The second-order valence-electron chi connectivity index (χ2n) is 3.75. The van der Waals surface area contributed by atoms with Gasteiger partial charge >= 0.3 is 0 Å². The lowest BCUT2D eigenvalue weighted by atomic mass is 9.95. The van der Waals surface area contributed by atoms with Crippen LogP contribution in [-0.4, -0.2) is 10.7 Å². The van der Waals surface area contributed by atoms with Gasteiger partial charge in [-0.3, -0.25) is 0 Å². The molecule has 60 valence electrons. The summed E-state index contributed by atoms with van der Waals surface area (Å²) in [5, 5.41) is 8.52. The molecule has 0 saturated carbocycles. The first-order chi connectivity index (χ1) is 4.97. The van der Waals surface area contributed by atoms with Crippen molar-refractivity contribution in [2.45, 2.75) is 26.4 Å². The minimum Gasteiger partial charge on any atom is -0.391 e. The zero-order valence-corrected chi connectivity index (χ0v) is 7.26. The summed E-state index contributed by atoms with van der Waals surface area (Å²) < 4.78 is 0. The zero-order chi connectivity index (χ0) is 8.48. The van der Waals surface area contributed by atoms with E-state index in [1.165, 1.54) is 11.1 Å². The van der Waals surface area contributed by atoms with E-state index in [2.05, 4.69) is 24.3 Å². The first kappa shape index (κ1) is 8.28. The molecule has 0 aromatic heterocycles. The Bertz CT molecular complexity index is 201. The summed E-state index contributed by atoms with van der Waals surface area (Å²) in [5.74, 6) is 0. The normalized spacial score (nSPS) is 11.6. The summed E-state index contributed by atoms with van der Waals surface area (Å²) in [6.45, 7) is 5.23. The third kappa shape index (κ3) is 2.72. The van der Waals surface area contributed by atoms with Crippen LogP contribution in [0.2, 0.25) is 0 Å². The zero-order valence-electron chi connectivity index (χ0n) is 7.26. The Kier molecular flexibility index (Phi) is 2.01. The average molecular weight is 150 g/mol. The third-order valence-corrected chi connectivity index (χ3v) is 1.22. The van der Waals surface area contributed by atoms with Crippen LogP contribution in [0.25, 0.3) is 11.1 Å². The van der Waals surface area contributed by atoms with Crippen LogP contribution in [0.1, 0.15) is 20.8 Å². The van der Waals surface area contributed by atoms with E-state index in [-0.39, 0.29) is 0 Å². The first-order valence-electron chi connectivity index (χ1n) is 3.79. The predicted molar refractivity (Wildman–Crippen MR) is 47.4 cm³/mol. The van der Waals surface area contributed by atoms with Crippen molar-refractivity contribution in [3.8, 4) is 11.1 Å². The Balaban J connectivity index is 0.000000114. The lowest BCUT2D eigenvalue weighted by Crippen LogP contribution is -2.10. The minimum atomic E-state index is -0.500. The van der Waals surface area contributed by atoms with Crippen molar-refractivity contribution in [3.05, 3.63) is 24.3 Å². The summed E-state index contributed by atoms with van der Waals surface area (Å²) in [7, 11) is 0. The van der Waals surface area contributed by atoms with Crippen LogP contribution < -0.4 is 0 Å². The molecule has 1 nitrogen and oxygen atoms in total. The van der Waals surface area contributed by atoms with Crippen molar-refractivity contribution in [1.29, 1.82) is 0 Å². The van der Waals surface area contributed by atoms with Gasteiger partial charge in [-0.2, -0.15) is 0 Å². The van der Waals surface area contributed by atoms with Gasteiger partial charge in [0, 0.05) is 0 Å². The highest BCUT2D eigenvalue weighted by molar-refractivity contribution is 5.75. The standard InChI is InChI=1S/C6H4.C4H10O/c1-2-6-4-3-5(1)6;1-4(2,3)5/h1-4H;5H,1-3H3. The minimum absolute atomic E-state index is 0.500. The fourth-order valence-electron chi connectivity index (χ4n) is 0.663. The third-order valence-electron chi connectivity index (χ3n) is 1.22. The van der Waals surface area contributed by atoms with Gasteiger partial charge in [-0.1, -0.05) is 24.3 Å². The maximum absolute atomic E-state index is 8.52. The number of hydrogen-bond acceptors (Lipinski definition) is 1. The van der Waals surface area contributed by atoms with E-state index in [4.69, 9.17) is 5.11 Å². The van der Waals surface area contributed by atoms with Crippen LogP contribution in [0.15, 0.2) is 24.3 Å².